The molecule has 0 aliphatic heterocycles. The molecule has 0 heterocycles. The van der Waals surface area contributed by atoms with Gasteiger partial charge in [-0.15, -0.1) is 0 Å². The lowest BCUT2D eigenvalue weighted by atomic mass is 9.95. The number of halogens is 1. The average Bonchev–Trinajstić information content (AvgIpc) is 2.76. The van der Waals surface area contributed by atoms with Crippen LogP contribution in [0.1, 0.15) is 22.7 Å². The molecule has 3 aromatic rings. The number of nitrogens with one attached hydrogen (secondary N) is 1. The van der Waals surface area contributed by atoms with E-state index < -0.39 is 28.5 Å². The van der Waals surface area contributed by atoms with E-state index in [-0.39, 0.29) is 5.69 Å². The fourth-order valence-electron chi connectivity index (χ4n) is 3.47. The van der Waals surface area contributed by atoms with Crippen molar-refractivity contribution in [3.63, 3.8) is 0 Å². The number of ether oxygens (including phenoxy) is 1. The highest BCUT2D eigenvalue weighted by Crippen LogP contribution is 2.33. The van der Waals surface area contributed by atoms with Crippen molar-refractivity contribution in [1.82, 2.24) is 5.32 Å². The van der Waals surface area contributed by atoms with Crippen molar-refractivity contribution < 1.29 is 17.9 Å². The molecule has 3 aromatic carbocycles. The Morgan fingerprint density at radius 3 is 2.34 bits per heavy atom. The molecular weight excluding hydrogens is 448 g/mol. The number of sulfonamides is 1. The van der Waals surface area contributed by atoms with E-state index >= 15 is 0 Å². The molecule has 6 nitrogen and oxygen atoms in total. The van der Waals surface area contributed by atoms with Crippen molar-refractivity contribution in [1.29, 1.82) is 0 Å². The van der Waals surface area contributed by atoms with Gasteiger partial charge in [-0.25, -0.2) is 8.42 Å². The van der Waals surface area contributed by atoms with Crippen LogP contribution >= 0.6 is 11.6 Å². The fraction of sp³-hybridized carbons (Fsp3) is 0.208. The second-order valence-corrected chi connectivity index (χ2v) is 9.70. The zero-order chi connectivity index (χ0) is 23.3. The van der Waals surface area contributed by atoms with Crippen molar-refractivity contribution in [2.45, 2.75) is 13.0 Å². The van der Waals surface area contributed by atoms with Crippen LogP contribution in [-0.2, 0) is 14.8 Å². The van der Waals surface area contributed by atoms with E-state index in [0.29, 0.717) is 10.8 Å². The molecule has 168 valence electrons. The standard InChI is InChI=1S/C24H25ClN2O4S/c1-17-9-7-8-12-20(17)24(18-10-5-4-6-11-18)26-23(28)16-27(32(3,29)30)21-15-19(25)13-14-22(21)31-2/h4-15,24H,16H2,1-3H3,(H,26,28). The topological polar surface area (TPSA) is 75.7 Å². The van der Waals surface area contributed by atoms with Crippen LogP contribution < -0.4 is 14.4 Å². The predicted octanol–water partition coefficient (Wildman–Crippen LogP) is 4.33. The Bertz CT molecular complexity index is 1200. The van der Waals surface area contributed by atoms with E-state index in [1.165, 1.54) is 13.2 Å². The number of rotatable bonds is 8. The van der Waals surface area contributed by atoms with Crippen LogP contribution in [0.25, 0.3) is 0 Å². The molecule has 1 atom stereocenters. The molecule has 8 heteroatoms. The number of carbonyl (C=O) groups is 1. The van der Waals surface area contributed by atoms with Crippen molar-refractivity contribution in [3.05, 3.63) is 94.5 Å². The Morgan fingerprint density at radius 2 is 1.72 bits per heavy atom. The Morgan fingerprint density at radius 1 is 1.06 bits per heavy atom. The average molecular weight is 473 g/mol. The minimum Gasteiger partial charge on any atom is -0.495 e. The summed E-state index contributed by atoms with van der Waals surface area (Å²) < 4.78 is 31.4. The minimum atomic E-state index is -3.80. The third-order valence-corrected chi connectivity index (χ3v) is 6.40. The number of benzene rings is 3. The van der Waals surface area contributed by atoms with Crippen LogP contribution in [0.15, 0.2) is 72.8 Å². The summed E-state index contributed by atoms with van der Waals surface area (Å²) in [6, 6.07) is 21.5. The van der Waals surface area contributed by atoms with Gasteiger partial charge in [0.2, 0.25) is 15.9 Å². The number of methoxy groups -OCH3 is 1. The first-order valence-corrected chi connectivity index (χ1v) is 12.1. The van der Waals surface area contributed by atoms with Gasteiger partial charge in [-0.1, -0.05) is 66.2 Å². The lowest BCUT2D eigenvalue weighted by Crippen LogP contribution is -2.42. The van der Waals surface area contributed by atoms with Gasteiger partial charge in [0.1, 0.15) is 12.3 Å². The number of carbonyl (C=O) groups excluding carboxylic acids is 1. The molecule has 0 saturated heterocycles. The molecule has 0 bridgehead atoms. The third-order valence-electron chi connectivity index (χ3n) is 5.03. The first kappa shape index (κ1) is 23.6. The van der Waals surface area contributed by atoms with Crippen molar-refractivity contribution >= 4 is 33.2 Å². The van der Waals surface area contributed by atoms with E-state index in [1.54, 1.807) is 12.1 Å². The van der Waals surface area contributed by atoms with E-state index in [1.807, 2.05) is 61.5 Å². The quantitative estimate of drug-likeness (QED) is 0.529. The number of amides is 1. The largest absolute Gasteiger partial charge is 0.495 e. The molecule has 0 spiro atoms. The maximum Gasteiger partial charge on any atom is 0.241 e. The smallest absolute Gasteiger partial charge is 0.241 e. The van der Waals surface area contributed by atoms with Gasteiger partial charge in [0.25, 0.3) is 0 Å². The Kier molecular flexibility index (Phi) is 7.43. The molecule has 3 rings (SSSR count). The fourth-order valence-corrected chi connectivity index (χ4v) is 4.49. The summed E-state index contributed by atoms with van der Waals surface area (Å²) in [6.07, 6.45) is 1.04. The molecule has 1 amide bonds. The van der Waals surface area contributed by atoms with Crippen LogP contribution in [0.3, 0.4) is 0 Å². The molecule has 0 aliphatic rings. The summed E-state index contributed by atoms with van der Waals surface area (Å²) in [5.74, 6) is -0.166. The van der Waals surface area contributed by atoms with E-state index in [9.17, 15) is 13.2 Å². The van der Waals surface area contributed by atoms with E-state index in [2.05, 4.69) is 5.32 Å². The maximum absolute atomic E-state index is 13.1. The van der Waals surface area contributed by atoms with Gasteiger partial charge in [-0.05, 0) is 41.8 Å². The van der Waals surface area contributed by atoms with Crippen molar-refractivity contribution in [2.24, 2.45) is 0 Å². The highest BCUT2D eigenvalue weighted by molar-refractivity contribution is 7.92. The SMILES string of the molecule is COc1ccc(Cl)cc1N(CC(=O)NC(c1ccccc1)c1ccccc1C)S(C)(=O)=O. The monoisotopic (exact) mass is 472 g/mol. The van der Waals surface area contributed by atoms with Gasteiger partial charge in [0.15, 0.2) is 0 Å². The van der Waals surface area contributed by atoms with Gasteiger partial charge in [0.05, 0.1) is 25.1 Å². The van der Waals surface area contributed by atoms with Gasteiger partial charge in [-0.2, -0.15) is 0 Å². The Labute approximate surface area is 193 Å². The molecule has 0 fully saturated rings. The summed E-state index contributed by atoms with van der Waals surface area (Å²) in [4.78, 5) is 13.1. The Hall–Kier alpha value is -3.03. The number of aryl methyl sites for hydroxylation is 1. The van der Waals surface area contributed by atoms with Gasteiger partial charge in [-0.3, -0.25) is 9.10 Å². The van der Waals surface area contributed by atoms with Gasteiger partial charge in [0, 0.05) is 5.02 Å². The normalized spacial score (nSPS) is 12.1. The van der Waals surface area contributed by atoms with Crippen LogP contribution in [0, 0.1) is 6.92 Å². The minimum absolute atomic E-state index is 0.199. The third kappa shape index (κ3) is 5.60. The van der Waals surface area contributed by atoms with E-state index in [4.69, 9.17) is 16.3 Å². The number of anilines is 1. The Balaban J connectivity index is 1.95. The number of hydrogen-bond donors (Lipinski definition) is 1. The molecule has 0 aromatic heterocycles. The molecule has 1 unspecified atom stereocenters. The van der Waals surface area contributed by atoms with Crippen LogP contribution in [-0.4, -0.2) is 34.2 Å². The van der Waals surface area contributed by atoms with Crippen LogP contribution in [0.2, 0.25) is 5.02 Å². The lowest BCUT2D eigenvalue weighted by molar-refractivity contribution is -0.120. The number of hydrogen-bond acceptors (Lipinski definition) is 4. The van der Waals surface area contributed by atoms with Crippen LogP contribution in [0.4, 0.5) is 5.69 Å². The van der Waals surface area contributed by atoms with Crippen LogP contribution in [0.5, 0.6) is 5.75 Å². The summed E-state index contributed by atoms with van der Waals surface area (Å²) in [5.41, 5.74) is 3.03. The summed E-state index contributed by atoms with van der Waals surface area (Å²) in [5, 5.41) is 3.33. The number of nitrogens with zero attached hydrogens (tertiary/aromatic N) is 1. The van der Waals surface area contributed by atoms with Crippen molar-refractivity contribution in [2.75, 3.05) is 24.2 Å². The second kappa shape index (κ2) is 10.1. The summed E-state index contributed by atoms with van der Waals surface area (Å²) in [7, 11) is -2.37. The first-order chi connectivity index (χ1) is 15.2. The lowest BCUT2D eigenvalue weighted by Gasteiger charge is -2.26. The zero-order valence-electron chi connectivity index (χ0n) is 18.1. The van der Waals surface area contributed by atoms with Crippen molar-refractivity contribution in [3.8, 4) is 5.75 Å². The zero-order valence-corrected chi connectivity index (χ0v) is 19.7. The molecule has 32 heavy (non-hydrogen) atoms. The predicted molar refractivity (Wildman–Crippen MR) is 128 cm³/mol. The highest BCUT2D eigenvalue weighted by Gasteiger charge is 2.26. The summed E-state index contributed by atoms with van der Waals surface area (Å²) >= 11 is 6.09. The summed E-state index contributed by atoms with van der Waals surface area (Å²) in [6.45, 7) is 1.54. The maximum atomic E-state index is 13.1. The molecule has 1 N–H and O–H groups in total. The van der Waals surface area contributed by atoms with Gasteiger partial charge < -0.3 is 10.1 Å². The second-order valence-electron chi connectivity index (χ2n) is 7.35. The molecule has 0 aliphatic carbocycles. The molecule has 0 radical (unpaired) electrons. The van der Waals surface area contributed by atoms with E-state index in [0.717, 1.165) is 27.3 Å². The molecular formula is C24H25ClN2O4S. The highest BCUT2D eigenvalue weighted by atomic mass is 35.5. The first-order valence-electron chi connectivity index (χ1n) is 9.92. The van der Waals surface area contributed by atoms with Gasteiger partial charge >= 0.3 is 0 Å². The molecule has 0 saturated carbocycles.